The molecule has 0 saturated heterocycles. The SMILES string of the molecule is Cc1ccccc1-n1ncc2c1CC(C)(C)C[C@H]2NC(=O)CCc1n[nH]c2c1CCCC2. The number of aryl methyl sites for hydroxylation is 3. The van der Waals surface area contributed by atoms with Crippen molar-refractivity contribution >= 4 is 5.91 Å². The Hall–Kier alpha value is -2.89. The van der Waals surface area contributed by atoms with Gasteiger partial charge in [-0.1, -0.05) is 32.0 Å². The molecule has 0 radical (unpaired) electrons. The molecule has 2 heterocycles. The highest BCUT2D eigenvalue weighted by Gasteiger charge is 2.36. The molecule has 3 aromatic rings. The molecule has 1 amide bonds. The maximum absolute atomic E-state index is 12.9. The van der Waals surface area contributed by atoms with Gasteiger partial charge in [-0.05, 0) is 68.1 Å². The van der Waals surface area contributed by atoms with Crippen molar-refractivity contribution < 1.29 is 4.79 Å². The van der Waals surface area contributed by atoms with Gasteiger partial charge in [-0.2, -0.15) is 10.2 Å². The third-order valence-corrected chi connectivity index (χ3v) is 7.09. The molecule has 2 N–H and O–H groups in total. The summed E-state index contributed by atoms with van der Waals surface area (Å²) in [5.41, 5.74) is 8.46. The van der Waals surface area contributed by atoms with Gasteiger partial charge in [-0.25, -0.2) is 4.68 Å². The molecule has 0 saturated carbocycles. The second-order valence-corrected chi connectivity index (χ2v) is 10.2. The Morgan fingerprint density at radius 2 is 2.06 bits per heavy atom. The minimum atomic E-state index is -0.00730. The lowest BCUT2D eigenvalue weighted by atomic mass is 9.74. The highest BCUT2D eigenvalue weighted by atomic mass is 16.1. The first-order valence-corrected chi connectivity index (χ1v) is 11.9. The minimum absolute atomic E-state index is 0.00730. The molecule has 0 spiro atoms. The second kappa shape index (κ2) is 8.23. The van der Waals surface area contributed by atoms with Crippen molar-refractivity contribution in [1.29, 1.82) is 0 Å². The van der Waals surface area contributed by atoms with Crippen LogP contribution in [0, 0.1) is 12.3 Å². The molecule has 168 valence electrons. The summed E-state index contributed by atoms with van der Waals surface area (Å²) in [6.07, 6.45) is 9.60. The van der Waals surface area contributed by atoms with Crippen LogP contribution in [0.1, 0.15) is 79.3 Å². The van der Waals surface area contributed by atoms with Crippen LogP contribution in [0.25, 0.3) is 5.69 Å². The zero-order valence-corrected chi connectivity index (χ0v) is 19.4. The summed E-state index contributed by atoms with van der Waals surface area (Å²) in [5, 5.41) is 15.7. The van der Waals surface area contributed by atoms with Crippen LogP contribution in [-0.4, -0.2) is 25.9 Å². The largest absolute Gasteiger partial charge is 0.349 e. The lowest BCUT2D eigenvalue weighted by Gasteiger charge is -2.36. The van der Waals surface area contributed by atoms with E-state index < -0.39 is 0 Å². The number of carbonyl (C=O) groups excluding carboxylic acids is 1. The Bertz CT molecular complexity index is 1140. The number of aromatic nitrogens is 4. The fourth-order valence-corrected chi connectivity index (χ4v) is 5.43. The van der Waals surface area contributed by atoms with Gasteiger partial charge in [0, 0.05) is 24.1 Å². The van der Waals surface area contributed by atoms with Crippen molar-refractivity contribution in [2.75, 3.05) is 0 Å². The molecule has 1 atom stereocenters. The summed E-state index contributed by atoms with van der Waals surface area (Å²) >= 11 is 0. The Labute approximate surface area is 189 Å². The summed E-state index contributed by atoms with van der Waals surface area (Å²) in [6, 6.07) is 8.33. The first-order chi connectivity index (χ1) is 15.4. The van der Waals surface area contributed by atoms with Crippen LogP contribution in [0.4, 0.5) is 0 Å². The molecule has 6 heteroatoms. The molecular formula is C26H33N5O. The molecule has 1 aromatic carbocycles. The number of nitrogens with one attached hydrogen (secondary N) is 2. The van der Waals surface area contributed by atoms with Gasteiger partial charge in [-0.15, -0.1) is 0 Å². The predicted octanol–water partition coefficient (Wildman–Crippen LogP) is 4.55. The van der Waals surface area contributed by atoms with E-state index in [1.165, 1.54) is 35.4 Å². The van der Waals surface area contributed by atoms with Crippen LogP contribution in [0.5, 0.6) is 0 Å². The molecule has 0 aliphatic heterocycles. The number of rotatable bonds is 5. The fourth-order valence-electron chi connectivity index (χ4n) is 5.43. The van der Waals surface area contributed by atoms with E-state index in [1.807, 2.05) is 6.20 Å². The van der Waals surface area contributed by atoms with Crippen LogP contribution < -0.4 is 5.32 Å². The van der Waals surface area contributed by atoms with Gasteiger partial charge < -0.3 is 5.32 Å². The first kappa shape index (κ1) is 21.0. The van der Waals surface area contributed by atoms with Gasteiger partial charge in [-0.3, -0.25) is 9.89 Å². The van der Waals surface area contributed by atoms with E-state index in [9.17, 15) is 4.79 Å². The molecule has 0 fully saturated rings. The number of hydrogen-bond donors (Lipinski definition) is 2. The third kappa shape index (κ3) is 3.98. The quantitative estimate of drug-likeness (QED) is 0.622. The lowest BCUT2D eigenvalue weighted by Crippen LogP contribution is -2.37. The molecule has 0 bridgehead atoms. The van der Waals surface area contributed by atoms with Gasteiger partial charge in [0.05, 0.1) is 29.3 Å². The maximum atomic E-state index is 12.9. The van der Waals surface area contributed by atoms with Gasteiger partial charge in [0.25, 0.3) is 0 Å². The van der Waals surface area contributed by atoms with E-state index in [4.69, 9.17) is 5.10 Å². The molecule has 2 aliphatic carbocycles. The zero-order valence-electron chi connectivity index (χ0n) is 19.4. The van der Waals surface area contributed by atoms with Crippen LogP contribution in [0.3, 0.4) is 0 Å². The van der Waals surface area contributed by atoms with Crippen molar-refractivity contribution in [3.05, 3.63) is 64.2 Å². The van der Waals surface area contributed by atoms with E-state index in [0.29, 0.717) is 12.8 Å². The molecule has 5 rings (SSSR count). The highest BCUT2D eigenvalue weighted by molar-refractivity contribution is 5.76. The van der Waals surface area contributed by atoms with E-state index in [-0.39, 0.29) is 17.4 Å². The number of aromatic amines is 1. The van der Waals surface area contributed by atoms with Crippen molar-refractivity contribution in [3.63, 3.8) is 0 Å². The standard InChI is InChI=1S/C26H33N5O/c1-17-8-4-7-11-23(17)31-24-15-26(2,3)14-22(19(24)16-27-31)28-25(32)13-12-21-18-9-5-6-10-20(18)29-30-21/h4,7-8,11,16,22H,5-6,9-10,12-15H2,1-3H3,(H,28,32)(H,29,30)/t22-/m1/s1. The zero-order chi connectivity index (χ0) is 22.3. The Balaban J connectivity index is 1.33. The number of hydrogen-bond acceptors (Lipinski definition) is 3. The molecule has 2 aromatic heterocycles. The van der Waals surface area contributed by atoms with E-state index in [1.54, 1.807) is 0 Å². The van der Waals surface area contributed by atoms with Crippen LogP contribution in [0.15, 0.2) is 30.5 Å². The monoisotopic (exact) mass is 431 g/mol. The van der Waals surface area contributed by atoms with Crippen LogP contribution in [-0.2, 0) is 30.5 Å². The number of nitrogens with zero attached hydrogens (tertiary/aromatic N) is 3. The molecule has 32 heavy (non-hydrogen) atoms. The Kier molecular flexibility index (Phi) is 5.39. The van der Waals surface area contributed by atoms with Crippen molar-refractivity contribution in [1.82, 2.24) is 25.3 Å². The van der Waals surface area contributed by atoms with Crippen molar-refractivity contribution in [2.45, 2.75) is 78.2 Å². The Morgan fingerprint density at radius 1 is 1.25 bits per heavy atom. The van der Waals surface area contributed by atoms with Gasteiger partial charge in [0.15, 0.2) is 0 Å². The fraction of sp³-hybridized carbons (Fsp3) is 0.500. The number of amides is 1. The third-order valence-electron chi connectivity index (χ3n) is 7.09. The van der Waals surface area contributed by atoms with Crippen LogP contribution in [0.2, 0.25) is 0 Å². The van der Waals surface area contributed by atoms with Crippen molar-refractivity contribution in [3.8, 4) is 5.69 Å². The highest BCUT2D eigenvalue weighted by Crippen LogP contribution is 2.41. The minimum Gasteiger partial charge on any atom is -0.349 e. The van der Waals surface area contributed by atoms with Gasteiger partial charge in [0.2, 0.25) is 5.91 Å². The number of benzene rings is 1. The van der Waals surface area contributed by atoms with Crippen LogP contribution >= 0.6 is 0 Å². The van der Waals surface area contributed by atoms with Gasteiger partial charge >= 0.3 is 0 Å². The smallest absolute Gasteiger partial charge is 0.220 e. The topological polar surface area (TPSA) is 75.6 Å². The maximum Gasteiger partial charge on any atom is 0.220 e. The molecular weight excluding hydrogens is 398 g/mol. The Morgan fingerprint density at radius 3 is 2.91 bits per heavy atom. The first-order valence-electron chi connectivity index (χ1n) is 11.9. The summed E-state index contributed by atoms with van der Waals surface area (Å²) in [4.78, 5) is 12.9. The summed E-state index contributed by atoms with van der Waals surface area (Å²) in [7, 11) is 0. The van der Waals surface area contributed by atoms with Crippen molar-refractivity contribution in [2.24, 2.45) is 5.41 Å². The van der Waals surface area contributed by atoms with E-state index >= 15 is 0 Å². The van der Waals surface area contributed by atoms with E-state index in [0.717, 1.165) is 42.6 Å². The molecule has 2 aliphatic rings. The van der Waals surface area contributed by atoms with E-state index in [2.05, 4.69) is 65.2 Å². The normalized spacial score (nSPS) is 19.3. The summed E-state index contributed by atoms with van der Waals surface area (Å²) in [5.74, 6) is 0.0925. The number of para-hydroxylation sites is 1. The molecule has 0 unspecified atom stereocenters. The average molecular weight is 432 g/mol. The van der Waals surface area contributed by atoms with Gasteiger partial charge in [0.1, 0.15) is 0 Å². The second-order valence-electron chi connectivity index (χ2n) is 10.2. The predicted molar refractivity (Wildman–Crippen MR) is 125 cm³/mol. The molecule has 6 nitrogen and oxygen atoms in total. The number of H-pyrrole nitrogens is 1. The summed E-state index contributed by atoms with van der Waals surface area (Å²) < 4.78 is 2.07. The summed E-state index contributed by atoms with van der Waals surface area (Å²) in [6.45, 7) is 6.67. The number of carbonyl (C=O) groups is 1. The average Bonchev–Trinajstić information content (AvgIpc) is 3.36. The lowest BCUT2D eigenvalue weighted by molar-refractivity contribution is -0.122. The number of fused-ring (bicyclic) bond motifs is 2.